The van der Waals surface area contributed by atoms with Crippen LogP contribution in [0.15, 0.2) is 48.1 Å². The number of amides is 4. The van der Waals surface area contributed by atoms with Crippen LogP contribution in [0, 0.1) is 0 Å². The van der Waals surface area contributed by atoms with Gasteiger partial charge in [-0.15, -0.1) is 0 Å². The topological polar surface area (TPSA) is 98.7 Å². The lowest BCUT2D eigenvalue weighted by atomic mass is 10.1. The molecule has 0 aliphatic carbocycles. The van der Waals surface area contributed by atoms with Crippen molar-refractivity contribution in [1.29, 1.82) is 0 Å². The van der Waals surface area contributed by atoms with Crippen LogP contribution in [0.5, 0.6) is 0 Å². The van der Waals surface area contributed by atoms with Crippen LogP contribution in [-0.2, 0) is 9.59 Å². The average molecular weight is 341 g/mol. The predicted molar refractivity (Wildman–Crippen MR) is 91.0 cm³/mol. The van der Waals surface area contributed by atoms with Gasteiger partial charge in [0.05, 0.1) is 12.6 Å². The minimum absolute atomic E-state index is 0.000410. The molecule has 3 rings (SSSR count). The fraction of sp³-hybridized carbons (Fsp3) is 0.278. The van der Waals surface area contributed by atoms with E-state index in [2.05, 4.69) is 15.5 Å². The number of hydrogen-bond donors (Lipinski definition) is 3. The first-order chi connectivity index (χ1) is 12.1. The van der Waals surface area contributed by atoms with Crippen LogP contribution in [0.4, 0.5) is 4.79 Å². The molecule has 2 saturated heterocycles. The molecule has 2 aliphatic heterocycles. The molecule has 0 spiro atoms. The van der Waals surface area contributed by atoms with Crippen LogP contribution in [0.3, 0.4) is 0 Å². The van der Waals surface area contributed by atoms with E-state index in [4.69, 9.17) is 0 Å². The molecule has 2 fully saturated rings. The summed E-state index contributed by atoms with van der Waals surface area (Å²) in [5.41, 5.74) is 1.61. The fourth-order valence-corrected chi connectivity index (χ4v) is 3.10. The zero-order valence-electron chi connectivity index (χ0n) is 13.6. The molecule has 0 aromatic heterocycles. The highest BCUT2D eigenvalue weighted by Crippen LogP contribution is 2.28. The highest BCUT2D eigenvalue weighted by atomic mass is 16.3. The average Bonchev–Trinajstić information content (AvgIpc) is 3.06. The van der Waals surface area contributed by atoms with Crippen molar-refractivity contribution in [3.8, 4) is 0 Å². The van der Waals surface area contributed by atoms with Gasteiger partial charge in [-0.1, -0.05) is 30.3 Å². The molecular weight excluding hydrogens is 322 g/mol. The third-order valence-electron chi connectivity index (χ3n) is 4.32. The SMILES string of the molecule is O=C1NC(=O)C(=C/C=C(\c2ccccc2)N2CCC[C@H]2CO)C(=O)N1. The number of barbiturate groups is 1. The normalized spacial score (nSPS) is 21.2. The molecule has 2 aliphatic rings. The maximum absolute atomic E-state index is 11.9. The molecule has 1 aromatic rings. The van der Waals surface area contributed by atoms with Crippen LogP contribution in [0.2, 0.25) is 0 Å². The summed E-state index contributed by atoms with van der Waals surface area (Å²) < 4.78 is 0. The molecule has 4 amide bonds. The number of rotatable bonds is 4. The summed E-state index contributed by atoms with van der Waals surface area (Å²) in [4.78, 5) is 36.9. The largest absolute Gasteiger partial charge is 0.394 e. The zero-order valence-corrected chi connectivity index (χ0v) is 13.6. The summed E-state index contributed by atoms with van der Waals surface area (Å²) in [6.07, 6.45) is 4.94. The lowest BCUT2D eigenvalue weighted by molar-refractivity contribution is -0.124. The van der Waals surface area contributed by atoms with E-state index >= 15 is 0 Å². The number of nitrogens with one attached hydrogen (secondary N) is 2. The molecule has 25 heavy (non-hydrogen) atoms. The molecular formula is C18H19N3O4. The van der Waals surface area contributed by atoms with Crippen molar-refractivity contribution < 1.29 is 19.5 Å². The summed E-state index contributed by atoms with van der Waals surface area (Å²) in [6.45, 7) is 0.822. The Hall–Kier alpha value is -2.93. The second-order valence-corrected chi connectivity index (χ2v) is 5.91. The predicted octanol–water partition coefficient (Wildman–Crippen LogP) is 0.777. The van der Waals surface area contributed by atoms with E-state index in [-0.39, 0.29) is 18.2 Å². The van der Waals surface area contributed by atoms with E-state index in [1.54, 1.807) is 6.08 Å². The summed E-state index contributed by atoms with van der Waals surface area (Å²) in [7, 11) is 0. The Morgan fingerprint density at radius 2 is 1.84 bits per heavy atom. The molecule has 0 saturated carbocycles. The Morgan fingerprint density at radius 1 is 1.16 bits per heavy atom. The van der Waals surface area contributed by atoms with Crippen molar-refractivity contribution >= 4 is 23.5 Å². The first-order valence-corrected chi connectivity index (χ1v) is 8.11. The van der Waals surface area contributed by atoms with Gasteiger partial charge in [-0.3, -0.25) is 20.2 Å². The Morgan fingerprint density at radius 3 is 2.48 bits per heavy atom. The van der Waals surface area contributed by atoms with Gasteiger partial charge in [0.2, 0.25) is 0 Å². The summed E-state index contributed by atoms with van der Waals surface area (Å²) >= 11 is 0. The molecule has 0 bridgehead atoms. The Balaban J connectivity index is 1.98. The monoisotopic (exact) mass is 341 g/mol. The van der Waals surface area contributed by atoms with Gasteiger partial charge in [-0.05, 0) is 30.6 Å². The van der Waals surface area contributed by atoms with E-state index in [1.165, 1.54) is 6.08 Å². The Bertz CT molecular complexity index is 733. The lowest BCUT2D eigenvalue weighted by Gasteiger charge is -2.28. The second kappa shape index (κ2) is 7.31. The van der Waals surface area contributed by atoms with Crippen LogP contribution >= 0.6 is 0 Å². The Kier molecular flexibility index (Phi) is 4.95. The first kappa shape index (κ1) is 16.9. The van der Waals surface area contributed by atoms with Crippen molar-refractivity contribution in [2.24, 2.45) is 0 Å². The summed E-state index contributed by atoms with van der Waals surface area (Å²) in [5, 5.41) is 13.7. The summed E-state index contributed by atoms with van der Waals surface area (Å²) in [6, 6.07) is 8.75. The maximum atomic E-state index is 11.9. The van der Waals surface area contributed by atoms with E-state index < -0.39 is 17.8 Å². The second-order valence-electron chi connectivity index (χ2n) is 5.91. The lowest BCUT2D eigenvalue weighted by Crippen LogP contribution is -2.51. The van der Waals surface area contributed by atoms with Crippen LogP contribution < -0.4 is 10.6 Å². The number of hydrogen-bond acceptors (Lipinski definition) is 5. The smallest absolute Gasteiger partial charge is 0.328 e. The number of aliphatic hydroxyl groups excluding tert-OH is 1. The molecule has 7 heteroatoms. The molecule has 7 nitrogen and oxygen atoms in total. The molecule has 0 unspecified atom stereocenters. The van der Waals surface area contributed by atoms with Crippen LogP contribution in [-0.4, -0.2) is 47.0 Å². The van der Waals surface area contributed by atoms with Crippen molar-refractivity contribution in [3.05, 3.63) is 53.6 Å². The third kappa shape index (κ3) is 3.61. The molecule has 3 N–H and O–H groups in total. The van der Waals surface area contributed by atoms with Gasteiger partial charge in [-0.2, -0.15) is 0 Å². The van der Waals surface area contributed by atoms with Gasteiger partial charge in [0.25, 0.3) is 11.8 Å². The fourth-order valence-electron chi connectivity index (χ4n) is 3.10. The van der Waals surface area contributed by atoms with Crippen molar-refractivity contribution in [3.63, 3.8) is 0 Å². The highest BCUT2D eigenvalue weighted by Gasteiger charge is 2.29. The minimum Gasteiger partial charge on any atom is -0.394 e. The number of benzene rings is 1. The quantitative estimate of drug-likeness (QED) is 0.555. The summed E-state index contributed by atoms with van der Waals surface area (Å²) in [5.74, 6) is -1.45. The number of carbonyl (C=O) groups is 3. The van der Waals surface area contributed by atoms with E-state index in [0.717, 1.165) is 30.6 Å². The van der Waals surface area contributed by atoms with Crippen LogP contribution in [0.25, 0.3) is 5.70 Å². The van der Waals surface area contributed by atoms with Gasteiger partial charge < -0.3 is 10.0 Å². The van der Waals surface area contributed by atoms with Gasteiger partial charge in [0, 0.05) is 12.2 Å². The first-order valence-electron chi connectivity index (χ1n) is 8.11. The molecule has 1 aromatic carbocycles. The number of urea groups is 1. The van der Waals surface area contributed by atoms with Gasteiger partial charge in [0.1, 0.15) is 5.57 Å². The van der Waals surface area contributed by atoms with E-state index in [1.807, 2.05) is 30.3 Å². The van der Waals surface area contributed by atoms with E-state index in [9.17, 15) is 19.5 Å². The van der Waals surface area contributed by atoms with Gasteiger partial charge in [-0.25, -0.2) is 4.79 Å². The highest BCUT2D eigenvalue weighted by molar-refractivity contribution is 6.29. The minimum atomic E-state index is -0.820. The number of imide groups is 2. The Labute approximate surface area is 145 Å². The number of aliphatic hydroxyl groups is 1. The number of carbonyl (C=O) groups excluding carboxylic acids is 3. The van der Waals surface area contributed by atoms with Crippen molar-refractivity contribution in [2.75, 3.05) is 13.2 Å². The van der Waals surface area contributed by atoms with Crippen LogP contribution in [0.1, 0.15) is 18.4 Å². The molecule has 2 heterocycles. The zero-order chi connectivity index (χ0) is 17.8. The van der Waals surface area contributed by atoms with Gasteiger partial charge >= 0.3 is 6.03 Å². The standard InChI is InChI=1S/C18H19N3O4/c22-11-13-7-4-10-21(13)15(12-5-2-1-3-6-12)9-8-14-16(23)19-18(25)20-17(14)24/h1-3,5-6,8-9,13,22H,4,7,10-11H2,(H2,19,20,23,24,25)/b15-9+/t13-/m0/s1. The number of nitrogens with zero attached hydrogens (tertiary/aromatic N) is 1. The number of allylic oxidation sites excluding steroid dienone is 2. The van der Waals surface area contributed by atoms with Gasteiger partial charge in [0.15, 0.2) is 0 Å². The van der Waals surface area contributed by atoms with Crippen molar-refractivity contribution in [1.82, 2.24) is 15.5 Å². The molecule has 130 valence electrons. The number of likely N-dealkylation sites (tertiary alicyclic amines) is 1. The molecule has 0 radical (unpaired) electrons. The maximum Gasteiger partial charge on any atom is 0.328 e. The third-order valence-corrected chi connectivity index (χ3v) is 4.32. The van der Waals surface area contributed by atoms with E-state index in [0.29, 0.717) is 0 Å². The van der Waals surface area contributed by atoms with Crippen molar-refractivity contribution in [2.45, 2.75) is 18.9 Å². The molecule has 1 atom stereocenters.